The van der Waals surface area contributed by atoms with Crippen LogP contribution in [0.4, 0.5) is 0 Å². The fourth-order valence-corrected chi connectivity index (χ4v) is 2.69. The first-order valence-electron chi connectivity index (χ1n) is 7.04. The van der Waals surface area contributed by atoms with Crippen LogP contribution in [0.3, 0.4) is 0 Å². The Morgan fingerprint density at radius 3 is 2.36 bits per heavy atom. The molecule has 6 nitrogen and oxygen atoms in total. The molecular weight excluding hydrogens is 306 g/mol. The second-order valence-electron chi connectivity index (χ2n) is 5.57. The Labute approximate surface area is 129 Å². The molecule has 0 heterocycles. The molecule has 1 amide bonds. The molecule has 1 saturated carbocycles. The third-order valence-corrected chi connectivity index (χ3v) is 4.70. The topological polar surface area (TPSA) is 89.5 Å². The first-order valence-corrected chi connectivity index (χ1v) is 8.93. The van der Waals surface area contributed by atoms with Gasteiger partial charge in [-0.3, -0.25) is 4.79 Å². The van der Waals surface area contributed by atoms with Crippen LogP contribution in [0.5, 0.6) is 0 Å². The van der Waals surface area contributed by atoms with Crippen molar-refractivity contribution in [2.45, 2.75) is 30.7 Å². The average molecular weight is 325 g/mol. The van der Waals surface area contributed by atoms with Crippen LogP contribution in [0.2, 0.25) is 0 Å². The summed E-state index contributed by atoms with van der Waals surface area (Å²) in [5.74, 6) is -0.460. The van der Waals surface area contributed by atoms with E-state index in [0.717, 1.165) is 19.1 Å². The molecule has 1 aliphatic rings. The molecule has 0 spiro atoms. The van der Waals surface area contributed by atoms with Crippen LogP contribution in [0, 0.1) is 5.92 Å². The van der Waals surface area contributed by atoms with Gasteiger partial charge in [-0.2, -0.15) is 0 Å². The summed E-state index contributed by atoms with van der Waals surface area (Å²) in [5, 5.41) is 2.78. The van der Waals surface area contributed by atoms with Gasteiger partial charge >= 0.3 is 5.97 Å². The zero-order valence-corrected chi connectivity index (χ0v) is 13.4. The van der Waals surface area contributed by atoms with E-state index in [1.165, 1.54) is 24.3 Å². The molecule has 0 unspecified atom stereocenters. The number of esters is 1. The van der Waals surface area contributed by atoms with Gasteiger partial charge in [-0.25, -0.2) is 13.2 Å². The van der Waals surface area contributed by atoms with Crippen molar-refractivity contribution in [1.82, 2.24) is 5.32 Å². The minimum atomic E-state index is -3.30. The van der Waals surface area contributed by atoms with Crippen LogP contribution in [0.15, 0.2) is 29.2 Å². The lowest BCUT2D eigenvalue weighted by Crippen LogP contribution is -2.37. The zero-order chi connectivity index (χ0) is 16.3. The molecule has 2 rings (SSSR count). The number of benzene rings is 1. The van der Waals surface area contributed by atoms with E-state index in [4.69, 9.17) is 4.74 Å². The second kappa shape index (κ2) is 6.48. The van der Waals surface area contributed by atoms with E-state index in [0.29, 0.717) is 5.92 Å². The minimum absolute atomic E-state index is 0.0975. The lowest BCUT2D eigenvalue weighted by atomic mass is 10.2. The first-order chi connectivity index (χ1) is 10.3. The van der Waals surface area contributed by atoms with Crippen LogP contribution in [-0.4, -0.2) is 39.2 Å². The smallest absolute Gasteiger partial charge is 0.338 e. The Balaban J connectivity index is 1.85. The molecule has 1 aromatic carbocycles. The number of carbonyl (C=O) groups is 2. The predicted molar refractivity (Wildman–Crippen MR) is 80.2 cm³/mol. The molecule has 1 atom stereocenters. The fourth-order valence-electron chi connectivity index (χ4n) is 2.06. The second-order valence-corrected chi connectivity index (χ2v) is 7.58. The molecule has 1 N–H and O–H groups in total. The molecule has 1 fully saturated rings. The highest BCUT2D eigenvalue weighted by molar-refractivity contribution is 7.90. The molecule has 7 heteroatoms. The van der Waals surface area contributed by atoms with Gasteiger partial charge in [0.15, 0.2) is 16.4 Å². The highest BCUT2D eigenvalue weighted by atomic mass is 32.2. The van der Waals surface area contributed by atoms with Crippen molar-refractivity contribution < 1.29 is 22.7 Å². The van der Waals surface area contributed by atoms with Crippen molar-refractivity contribution in [1.29, 1.82) is 0 Å². The van der Waals surface area contributed by atoms with E-state index < -0.39 is 15.8 Å². The Morgan fingerprint density at radius 1 is 1.27 bits per heavy atom. The summed E-state index contributed by atoms with van der Waals surface area (Å²) in [6, 6.07) is 5.50. The number of ether oxygens (including phenoxy) is 1. The summed E-state index contributed by atoms with van der Waals surface area (Å²) in [4.78, 5) is 23.6. The lowest BCUT2D eigenvalue weighted by Gasteiger charge is -2.12. The predicted octanol–water partition coefficient (Wildman–Crippen LogP) is 1.16. The van der Waals surface area contributed by atoms with Crippen LogP contribution < -0.4 is 5.32 Å². The zero-order valence-electron chi connectivity index (χ0n) is 12.5. The SMILES string of the molecule is C[C@H](NC(=O)COC(=O)c1ccc(S(C)(=O)=O)cc1)C1CC1. The van der Waals surface area contributed by atoms with Crippen molar-refractivity contribution in [3.05, 3.63) is 29.8 Å². The van der Waals surface area contributed by atoms with Crippen LogP contribution in [0.25, 0.3) is 0 Å². The highest BCUT2D eigenvalue weighted by Crippen LogP contribution is 2.32. The molecule has 0 aliphatic heterocycles. The summed E-state index contributed by atoms with van der Waals surface area (Å²) in [5.41, 5.74) is 0.204. The molecule has 1 aromatic rings. The van der Waals surface area contributed by atoms with Gasteiger partial charge in [0.2, 0.25) is 0 Å². The largest absolute Gasteiger partial charge is 0.452 e. The Morgan fingerprint density at radius 2 is 1.86 bits per heavy atom. The molecule has 1 aliphatic carbocycles. The molecule has 22 heavy (non-hydrogen) atoms. The molecule has 0 saturated heterocycles. The van der Waals surface area contributed by atoms with Gasteiger partial charge in [0.05, 0.1) is 10.5 Å². The van der Waals surface area contributed by atoms with Gasteiger partial charge < -0.3 is 10.1 Å². The number of nitrogens with one attached hydrogen (secondary N) is 1. The third-order valence-electron chi connectivity index (χ3n) is 3.57. The number of hydrogen-bond donors (Lipinski definition) is 1. The van der Waals surface area contributed by atoms with Gasteiger partial charge in [-0.05, 0) is 49.9 Å². The summed E-state index contributed by atoms with van der Waals surface area (Å²) in [7, 11) is -3.30. The van der Waals surface area contributed by atoms with Gasteiger partial charge in [-0.15, -0.1) is 0 Å². The molecule has 0 radical (unpaired) electrons. The summed E-state index contributed by atoms with van der Waals surface area (Å²) < 4.78 is 27.6. The highest BCUT2D eigenvalue weighted by Gasteiger charge is 2.29. The van der Waals surface area contributed by atoms with Crippen LogP contribution >= 0.6 is 0 Å². The first kappa shape index (κ1) is 16.5. The molecule has 0 bridgehead atoms. The normalized spacial score (nSPS) is 15.9. The van der Waals surface area contributed by atoms with E-state index in [1.54, 1.807) is 0 Å². The van der Waals surface area contributed by atoms with Crippen molar-refractivity contribution in [3.8, 4) is 0 Å². The average Bonchev–Trinajstić information content (AvgIpc) is 3.28. The third kappa shape index (κ3) is 4.56. The number of rotatable bonds is 6. The maximum absolute atomic E-state index is 11.8. The summed E-state index contributed by atoms with van der Waals surface area (Å²) in [6.45, 7) is 1.59. The fraction of sp³-hybridized carbons (Fsp3) is 0.467. The molecule has 0 aromatic heterocycles. The lowest BCUT2D eigenvalue weighted by molar-refractivity contribution is -0.124. The van der Waals surface area contributed by atoms with Crippen molar-refractivity contribution in [2.24, 2.45) is 5.92 Å². The van der Waals surface area contributed by atoms with E-state index in [2.05, 4.69) is 5.32 Å². The number of carbonyl (C=O) groups excluding carboxylic acids is 2. The van der Waals surface area contributed by atoms with E-state index >= 15 is 0 Å². The number of sulfone groups is 1. The van der Waals surface area contributed by atoms with Gasteiger partial charge in [-0.1, -0.05) is 0 Å². The van der Waals surface area contributed by atoms with Gasteiger partial charge in [0, 0.05) is 12.3 Å². The van der Waals surface area contributed by atoms with Gasteiger partial charge in [0.25, 0.3) is 5.91 Å². The Kier molecular flexibility index (Phi) is 4.85. The molecular formula is C15H19NO5S. The van der Waals surface area contributed by atoms with E-state index in [1.807, 2.05) is 6.92 Å². The van der Waals surface area contributed by atoms with Crippen molar-refractivity contribution >= 4 is 21.7 Å². The van der Waals surface area contributed by atoms with E-state index in [-0.39, 0.29) is 29.0 Å². The summed E-state index contributed by atoms with van der Waals surface area (Å²) in [6.07, 6.45) is 3.33. The minimum Gasteiger partial charge on any atom is -0.452 e. The Bertz CT molecular complexity index is 662. The van der Waals surface area contributed by atoms with Crippen molar-refractivity contribution in [3.63, 3.8) is 0 Å². The number of hydrogen-bond acceptors (Lipinski definition) is 5. The maximum atomic E-state index is 11.8. The monoisotopic (exact) mass is 325 g/mol. The quantitative estimate of drug-likeness (QED) is 0.793. The standard InChI is InChI=1S/C15H19NO5S/c1-10(11-3-4-11)16-14(17)9-21-15(18)12-5-7-13(8-6-12)22(2,19)20/h5-8,10-11H,3-4,9H2,1-2H3,(H,16,17)/t10-/m0/s1. The van der Waals surface area contributed by atoms with Gasteiger partial charge in [0.1, 0.15) is 0 Å². The Hall–Kier alpha value is -1.89. The number of amides is 1. The maximum Gasteiger partial charge on any atom is 0.338 e. The molecule has 120 valence electrons. The van der Waals surface area contributed by atoms with Crippen LogP contribution in [0.1, 0.15) is 30.1 Å². The van der Waals surface area contributed by atoms with Crippen molar-refractivity contribution in [2.75, 3.05) is 12.9 Å². The van der Waals surface area contributed by atoms with E-state index in [9.17, 15) is 18.0 Å². The van der Waals surface area contributed by atoms with Crippen LogP contribution in [-0.2, 0) is 19.4 Å². The summed E-state index contributed by atoms with van der Waals surface area (Å²) >= 11 is 0.